The highest BCUT2D eigenvalue weighted by Crippen LogP contribution is 2.41. The molecule has 0 radical (unpaired) electrons. The van der Waals surface area contributed by atoms with Crippen LogP contribution in [0, 0.1) is 17.2 Å². The molecule has 0 N–H and O–H groups in total. The molecule has 0 spiro atoms. The average Bonchev–Trinajstić information content (AvgIpc) is 2.91. The van der Waals surface area contributed by atoms with Gasteiger partial charge in [0, 0.05) is 17.8 Å². The van der Waals surface area contributed by atoms with Crippen LogP contribution in [0.1, 0.15) is 20.3 Å². The Kier molecular flexibility index (Phi) is 4.04. The fourth-order valence-corrected chi connectivity index (χ4v) is 4.53. The maximum absolute atomic E-state index is 12.0. The minimum Gasteiger partial charge on any atom is -0.296 e. The van der Waals surface area contributed by atoms with Crippen LogP contribution in [0.4, 0.5) is 0 Å². The Morgan fingerprint density at radius 1 is 1.67 bits per heavy atom. The van der Waals surface area contributed by atoms with Crippen LogP contribution in [0.15, 0.2) is 33.3 Å². The van der Waals surface area contributed by atoms with Crippen molar-refractivity contribution in [3.05, 3.63) is 33.3 Å². The first-order valence-electron chi connectivity index (χ1n) is 5.53. The van der Waals surface area contributed by atoms with Gasteiger partial charge >= 0.3 is 0 Å². The van der Waals surface area contributed by atoms with Crippen molar-refractivity contribution in [2.24, 2.45) is 5.92 Å². The molecule has 2 heterocycles. The molecule has 0 saturated heterocycles. The van der Waals surface area contributed by atoms with E-state index in [-0.39, 0.29) is 0 Å². The number of nitrogens with zero attached hydrogens (tertiary/aromatic N) is 3. The lowest BCUT2D eigenvalue weighted by atomic mass is 10.1. The Morgan fingerprint density at radius 3 is 3.00 bits per heavy atom. The summed E-state index contributed by atoms with van der Waals surface area (Å²) in [5.74, 6) is 0.513. The van der Waals surface area contributed by atoms with E-state index >= 15 is 0 Å². The van der Waals surface area contributed by atoms with E-state index in [9.17, 15) is 9.47 Å². The summed E-state index contributed by atoms with van der Waals surface area (Å²) in [6.45, 7) is 4.24. The standard InChI is InChI=1S/C12H13N3OS2/c1-9(2)5-10-7-18(16)12(17-10)11(6-13)15-4-3-14-8-15/h3-4,7-9H,5H2,1-2H3. The number of hydrogen-bond acceptors (Lipinski definition) is 4. The highest BCUT2D eigenvalue weighted by Gasteiger charge is 2.23. The van der Waals surface area contributed by atoms with Gasteiger partial charge in [-0.3, -0.25) is 4.57 Å². The maximum Gasteiger partial charge on any atom is 0.149 e. The van der Waals surface area contributed by atoms with Gasteiger partial charge in [-0.05, 0) is 17.2 Å². The van der Waals surface area contributed by atoms with E-state index in [2.05, 4.69) is 24.9 Å². The molecule has 0 saturated carbocycles. The van der Waals surface area contributed by atoms with E-state index < -0.39 is 10.8 Å². The van der Waals surface area contributed by atoms with Crippen LogP contribution in [0.2, 0.25) is 0 Å². The number of allylic oxidation sites excluding steroid dienone is 2. The normalized spacial score (nSPS) is 21.9. The summed E-state index contributed by atoms with van der Waals surface area (Å²) < 4.78 is 14.2. The van der Waals surface area contributed by atoms with Gasteiger partial charge in [-0.2, -0.15) is 5.26 Å². The Bertz CT molecular complexity index is 565. The predicted molar refractivity (Wildman–Crippen MR) is 74.3 cm³/mol. The van der Waals surface area contributed by atoms with Crippen molar-refractivity contribution in [3.8, 4) is 6.07 Å². The molecule has 1 atom stereocenters. The zero-order valence-electron chi connectivity index (χ0n) is 10.2. The smallest absolute Gasteiger partial charge is 0.149 e. The molecule has 18 heavy (non-hydrogen) atoms. The first kappa shape index (κ1) is 13.1. The summed E-state index contributed by atoms with van der Waals surface area (Å²) in [4.78, 5) is 4.98. The van der Waals surface area contributed by atoms with Crippen LogP contribution in [0.5, 0.6) is 0 Å². The molecular formula is C12H13N3OS2. The van der Waals surface area contributed by atoms with Crippen molar-refractivity contribution in [1.82, 2.24) is 9.55 Å². The minimum absolute atomic E-state index is 0.394. The van der Waals surface area contributed by atoms with Crippen LogP contribution in [-0.2, 0) is 10.8 Å². The van der Waals surface area contributed by atoms with Gasteiger partial charge in [-0.25, -0.2) is 9.19 Å². The van der Waals surface area contributed by atoms with Crippen molar-refractivity contribution in [1.29, 1.82) is 5.26 Å². The second-order valence-corrected chi connectivity index (χ2v) is 6.93. The highest BCUT2D eigenvalue weighted by atomic mass is 32.2. The number of nitriles is 1. The molecule has 0 aromatic carbocycles. The quantitative estimate of drug-likeness (QED) is 0.798. The second-order valence-electron chi connectivity index (χ2n) is 4.30. The van der Waals surface area contributed by atoms with Gasteiger partial charge < -0.3 is 0 Å². The van der Waals surface area contributed by atoms with Crippen LogP contribution in [0.25, 0.3) is 5.70 Å². The second kappa shape index (κ2) is 5.55. The fraction of sp³-hybridized carbons (Fsp3) is 0.333. The lowest BCUT2D eigenvalue weighted by Gasteiger charge is -2.05. The number of thioether (sulfide) groups is 1. The third kappa shape index (κ3) is 2.74. The summed E-state index contributed by atoms with van der Waals surface area (Å²) in [7, 11) is -1.21. The molecule has 0 fully saturated rings. The molecule has 1 aliphatic rings. The predicted octanol–water partition coefficient (Wildman–Crippen LogP) is 2.92. The third-order valence-corrected chi connectivity index (χ3v) is 5.19. The average molecular weight is 279 g/mol. The zero-order valence-corrected chi connectivity index (χ0v) is 11.8. The minimum atomic E-state index is -1.21. The van der Waals surface area contributed by atoms with E-state index in [0.717, 1.165) is 11.3 Å². The van der Waals surface area contributed by atoms with Crippen molar-refractivity contribution < 1.29 is 4.21 Å². The van der Waals surface area contributed by atoms with Crippen molar-refractivity contribution >= 4 is 28.3 Å². The van der Waals surface area contributed by atoms with E-state index in [1.54, 1.807) is 28.7 Å². The highest BCUT2D eigenvalue weighted by molar-refractivity contribution is 8.22. The van der Waals surface area contributed by atoms with E-state index in [0.29, 0.717) is 15.9 Å². The number of rotatable bonds is 3. The summed E-state index contributed by atoms with van der Waals surface area (Å²) in [5, 5.41) is 11.0. The first-order chi connectivity index (χ1) is 8.61. The van der Waals surface area contributed by atoms with Gasteiger partial charge in [0.05, 0.1) is 17.1 Å². The Labute approximate surface area is 113 Å². The van der Waals surface area contributed by atoms with Gasteiger partial charge in [0.25, 0.3) is 0 Å². The molecular weight excluding hydrogens is 266 g/mol. The van der Waals surface area contributed by atoms with E-state index in [4.69, 9.17) is 0 Å². The zero-order chi connectivity index (χ0) is 13.1. The van der Waals surface area contributed by atoms with Crippen molar-refractivity contribution in [3.63, 3.8) is 0 Å². The monoisotopic (exact) mass is 279 g/mol. The molecule has 4 nitrogen and oxygen atoms in total. The maximum atomic E-state index is 12.0. The van der Waals surface area contributed by atoms with Crippen LogP contribution >= 0.6 is 11.8 Å². The third-order valence-electron chi connectivity index (χ3n) is 2.32. The van der Waals surface area contributed by atoms with Gasteiger partial charge in [-0.15, -0.1) is 0 Å². The topological polar surface area (TPSA) is 58.7 Å². The van der Waals surface area contributed by atoms with Crippen molar-refractivity contribution in [2.75, 3.05) is 0 Å². The summed E-state index contributed by atoms with van der Waals surface area (Å²) >= 11 is 1.45. The molecule has 1 aromatic rings. The SMILES string of the molecule is CC(C)CC1=CS(=O)C(=C(C#N)n2ccnc2)S1. The van der Waals surface area contributed by atoms with Crippen LogP contribution in [-0.4, -0.2) is 13.8 Å². The molecule has 1 unspecified atom stereocenters. The summed E-state index contributed by atoms with van der Waals surface area (Å²) in [5.41, 5.74) is 0.394. The Hall–Kier alpha value is -1.32. The lowest BCUT2D eigenvalue weighted by molar-refractivity contribution is 0.659. The number of imidazole rings is 1. The van der Waals surface area contributed by atoms with Gasteiger partial charge in [-0.1, -0.05) is 25.6 Å². The van der Waals surface area contributed by atoms with Crippen molar-refractivity contribution in [2.45, 2.75) is 20.3 Å². The molecule has 0 aliphatic carbocycles. The molecule has 2 rings (SSSR count). The van der Waals surface area contributed by atoms with Gasteiger partial charge in [0.15, 0.2) is 0 Å². The molecule has 6 heteroatoms. The fourth-order valence-electron chi connectivity index (χ4n) is 1.59. The van der Waals surface area contributed by atoms with E-state index in [1.807, 2.05) is 0 Å². The Balaban J connectivity index is 2.31. The van der Waals surface area contributed by atoms with Gasteiger partial charge in [0.2, 0.25) is 0 Å². The molecule has 1 aliphatic heterocycles. The summed E-state index contributed by atoms with van der Waals surface area (Å²) in [6, 6.07) is 2.11. The van der Waals surface area contributed by atoms with Gasteiger partial charge in [0.1, 0.15) is 16.0 Å². The lowest BCUT2D eigenvalue weighted by Crippen LogP contribution is -1.96. The molecule has 1 aromatic heterocycles. The number of hydrogen-bond donors (Lipinski definition) is 0. The first-order valence-corrected chi connectivity index (χ1v) is 7.56. The van der Waals surface area contributed by atoms with E-state index in [1.165, 1.54) is 11.8 Å². The number of aromatic nitrogens is 2. The summed E-state index contributed by atoms with van der Waals surface area (Å²) in [6.07, 6.45) is 5.72. The Morgan fingerprint density at radius 2 is 2.44 bits per heavy atom. The molecule has 0 amide bonds. The van der Waals surface area contributed by atoms with Crippen LogP contribution in [0.3, 0.4) is 0 Å². The molecule has 94 valence electrons. The molecule has 0 bridgehead atoms. The largest absolute Gasteiger partial charge is 0.296 e. The van der Waals surface area contributed by atoms with Crippen LogP contribution < -0.4 is 0 Å².